The van der Waals surface area contributed by atoms with Crippen molar-refractivity contribution in [1.82, 2.24) is 9.80 Å². The molecule has 2 heterocycles. The predicted molar refractivity (Wildman–Crippen MR) is 74.4 cm³/mol. The molecule has 1 fully saturated rings. The van der Waals surface area contributed by atoms with Gasteiger partial charge >= 0.3 is 0 Å². The zero-order chi connectivity index (χ0) is 13.0. The largest absolute Gasteiger partial charge is 0.369 e. The fraction of sp³-hybridized carbons (Fsp3) is 0.615. The molecule has 0 aromatic carbocycles. The van der Waals surface area contributed by atoms with Crippen molar-refractivity contribution in [2.24, 2.45) is 5.73 Å². The van der Waals surface area contributed by atoms with Gasteiger partial charge in [0.25, 0.3) is 0 Å². The molecular weight excluding hydrogens is 246 g/mol. The van der Waals surface area contributed by atoms with Crippen LogP contribution in [-0.2, 0) is 17.9 Å². The summed E-state index contributed by atoms with van der Waals surface area (Å²) in [6, 6.07) is 2.25. The van der Waals surface area contributed by atoms with Gasteiger partial charge in [-0.2, -0.15) is 0 Å². The van der Waals surface area contributed by atoms with Crippen LogP contribution < -0.4 is 5.73 Å². The van der Waals surface area contributed by atoms with Crippen molar-refractivity contribution < 1.29 is 4.79 Å². The van der Waals surface area contributed by atoms with Crippen molar-refractivity contribution in [3.05, 3.63) is 21.9 Å². The normalized spacial score (nSPS) is 16.6. The maximum Gasteiger partial charge on any atom is 0.231 e. The number of rotatable bonds is 6. The van der Waals surface area contributed by atoms with Crippen LogP contribution in [0, 0.1) is 0 Å². The number of nitrogens with two attached hydrogens (primary N) is 1. The highest BCUT2D eigenvalue weighted by molar-refractivity contribution is 7.10. The van der Waals surface area contributed by atoms with Crippen LogP contribution in [0.15, 0.2) is 11.4 Å². The first-order valence-corrected chi connectivity index (χ1v) is 7.27. The summed E-state index contributed by atoms with van der Waals surface area (Å²) in [6.07, 6.45) is 2.66. The Morgan fingerprint density at radius 2 is 2.22 bits per heavy atom. The van der Waals surface area contributed by atoms with Crippen molar-refractivity contribution >= 4 is 17.2 Å². The highest BCUT2D eigenvalue weighted by Gasteiger charge is 2.13. The average Bonchev–Trinajstić information content (AvgIpc) is 2.89. The van der Waals surface area contributed by atoms with Crippen LogP contribution in [0.4, 0.5) is 0 Å². The molecule has 1 aliphatic rings. The number of carbonyl (C=O) groups is 1. The Morgan fingerprint density at radius 1 is 1.50 bits per heavy atom. The van der Waals surface area contributed by atoms with Crippen LogP contribution >= 0.6 is 11.3 Å². The second-order valence-electron chi connectivity index (χ2n) is 5.04. The van der Waals surface area contributed by atoms with Gasteiger partial charge in [0.1, 0.15) is 0 Å². The van der Waals surface area contributed by atoms with Crippen LogP contribution in [0.3, 0.4) is 0 Å². The third-order valence-corrected chi connectivity index (χ3v) is 4.13. The van der Waals surface area contributed by atoms with E-state index in [2.05, 4.69) is 16.3 Å². The lowest BCUT2D eigenvalue weighted by Gasteiger charge is -2.13. The molecule has 0 radical (unpaired) electrons. The van der Waals surface area contributed by atoms with E-state index >= 15 is 0 Å². The molecule has 0 atom stereocenters. The van der Waals surface area contributed by atoms with Crippen LogP contribution in [0.1, 0.15) is 23.3 Å². The van der Waals surface area contributed by atoms with E-state index in [9.17, 15) is 4.79 Å². The second kappa shape index (κ2) is 6.31. The minimum absolute atomic E-state index is 0.272. The molecule has 4 nitrogen and oxygen atoms in total. The molecule has 0 bridgehead atoms. The maximum atomic E-state index is 10.8. The van der Waals surface area contributed by atoms with Crippen LogP contribution in [-0.4, -0.2) is 42.4 Å². The standard InChI is InChI=1S/C13H21N3OS/c1-15(9-13(14)17)8-12-6-11(10-18-12)7-16-4-2-3-5-16/h6,10H,2-5,7-9H2,1H3,(H2,14,17). The van der Waals surface area contributed by atoms with Gasteiger partial charge in [-0.3, -0.25) is 14.6 Å². The molecule has 0 spiro atoms. The summed E-state index contributed by atoms with van der Waals surface area (Å²) in [6.45, 7) is 4.64. The molecule has 0 aliphatic carbocycles. The van der Waals surface area contributed by atoms with Gasteiger partial charge in [0, 0.05) is 18.0 Å². The average molecular weight is 267 g/mol. The molecule has 1 aromatic rings. The molecule has 1 amide bonds. The zero-order valence-electron chi connectivity index (χ0n) is 10.9. The summed E-state index contributed by atoms with van der Waals surface area (Å²) in [5.74, 6) is -0.272. The van der Waals surface area contributed by atoms with Crippen molar-refractivity contribution in [2.45, 2.75) is 25.9 Å². The van der Waals surface area contributed by atoms with Crippen molar-refractivity contribution in [1.29, 1.82) is 0 Å². The van der Waals surface area contributed by atoms with E-state index in [0.29, 0.717) is 6.54 Å². The van der Waals surface area contributed by atoms with Gasteiger partial charge in [0.05, 0.1) is 6.54 Å². The summed E-state index contributed by atoms with van der Waals surface area (Å²) in [5, 5.41) is 2.23. The number of nitrogens with zero attached hydrogens (tertiary/aromatic N) is 2. The molecule has 0 saturated carbocycles. The Kier molecular flexibility index (Phi) is 4.74. The number of amides is 1. The van der Waals surface area contributed by atoms with Crippen molar-refractivity contribution in [3.63, 3.8) is 0 Å². The number of likely N-dealkylation sites (N-methyl/N-ethyl adjacent to an activating group) is 1. The number of likely N-dealkylation sites (tertiary alicyclic amines) is 1. The van der Waals surface area contributed by atoms with Crippen molar-refractivity contribution in [2.75, 3.05) is 26.7 Å². The van der Waals surface area contributed by atoms with E-state index in [1.54, 1.807) is 11.3 Å². The Balaban J connectivity index is 1.83. The molecule has 100 valence electrons. The smallest absolute Gasteiger partial charge is 0.231 e. The number of thiophene rings is 1. The first kappa shape index (κ1) is 13.5. The molecule has 1 aliphatic heterocycles. The molecule has 18 heavy (non-hydrogen) atoms. The Hall–Kier alpha value is -0.910. The lowest BCUT2D eigenvalue weighted by atomic mass is 10.3. The van der Waals surface area contributed by atoms with E-state index in [0.717, 1.165) is 13.1 Å². The van der Waals surface area contributed by atoms with Gasteiger partial charge < -0.3 is 5.73 Å². The van der Waals surface area contributed by atoms with Crippen LogP contribution in [0.5, 0.6) is 0 Å². The molecular formula is C13H21N3OS. The lowest BCUT2D eigenvalue weighted by Crippen LogP contribution is -2.29. The first-order valence-electron chi connectivity index (χ1n) is 6.39. The zero-order valence-corrected chi connectivity index (χ0v) is 11.7. The summed E-state index contributed by atoms with van der Waals surface area (Å²) in [4.78, 5) is 16.6. The third-order valence-electron chi connectivity index (χ3n) is 3.16. The molecule has 1 saturated heterocycles. The minimum atomic E-state index is -0.272. The van der Waals surface area contributed by atoms with Gasteiger partial charge in [0.15, 0.2) is 0 Å². The summed E-state index contributed by atoms with van der Waals surface area (Å²) < 4.78 is 0. The molecule has 0 unspecified atom stereocenters. The van der Waals surface area contributed by atoms with Gasteiger partial charge in [-0.15, -0.1) is 11.3 Å². The fourth-order valence-corrected chi connectivity index (χ4v) is 3.34. The predicted octanol–water partition coefficient (Wildman–Crippen LogP) is 1.26. The van der Waals surface area contributed by atoms with E-state index in [4.69, 9.17) is 5.73 Å². The topological polar surface area (TPSA) is 49.6 Å². The molecule has 5 heteroatoms. The maximum absolute atomic E-state index is 10.8. The molecule has 1 aromatic heterocycles. The monoisotopic (exact) mass is 267 g/mol. The number of primary amides is 1. The van der Waals surface area contributed by atoms with E-state index in [-0.39, 0.29) is 5.91 Å². The number of carbonyl (C=O) groups excluding carboxylic acids is 1. The van der Waals surface area contributed by atoms with Crippen LogP contribution in [0.25, 0.3) is 0 Å². The minimum Gasteiger partial charge on any atom is -0.369 e. The van der Waals surface area contributed by atoms with E-state index in [1.165, 1.54) is 36.4 Å². The highest BCUT2D eigenvalue weighted by atomic mass is 32.1. The van der Waals surface area contributed by atoms with Gasteiger partial charge in [-0.05, 0) is 50.0 Å². The summed E-state index contributed by atoms with van der Waals surface area (Å²) >= 11 is 1.77. The molecule has 2 N–H and O–H groups in total. The SMILES string of the molecule is CN(CC(N)=O)Cc1cc(CN2CCCC2)cs1. The molecule has 2 rings (SSSR count). The second-order valence-corrected chi connectivity index (χ2v) is 6.04. The quantitative estimate of drug-likeness (QED) is 0.844. The Labute approximate surface area is 112 Å². The van der Waals surface area contributed by atoms with Gasteiger partial charge in [-0.25, -0.2) is 0 Å². The summed E-state index contributed by atoms with van der Waals surface area (Å²) in [5.41, 5.74) is 6.57. The van der Waals surface area contributed by atoms with E-state index < -0.39 is 0 Å². The number of hydrogen-bond donors (Lipinski definition) is 1. The lowest BCUT2D eigenvalue weighted by molar-refractivity contribution is -0.118. The number of hydrogen-bond acceptors (Lipinski definition) is 4. The van der Waals surface area contributed by atoms with Crippen LogP contribution in [0.2, 0.25) is 0 Å². The highest BCUT2D eigenvalue weighted by Crippen LogP contribution is 2.19. The van der Waals surface area contributed by atoms with Gasteiger partial charge in [0.2, 0.25) is 5.91 Å². The fourth-order valence-electron chi connectivity index (χ4n) is 2.38. The van der Waals surface area contributed by atoms with Gasteiger partial charge in [-0.1, -0.05) is 0 Å². The third kappa shape index (κ3) is 4.08. The Bertz CT molecular complexity index is 399. The first-order chi connectivity index (χ1) is 8.63. The van der Waals surface area contributed by atoms with E-state index in [1.807, 2.05) is 11.9 Å². The summed E-state index contributed by atoms with van der Waals surface area (Å²) in [7, 11) is 1.92. The van der Waals surface area contributed by atoms with Crippen molar-refractivity contribution in [3.8, 4) is 0 Å². The Morgan fingerprint density at radius 3 is 2.89 bits per heavy atom.